The number of aliphatic hydroxyl groups is 1. The SMILES string of the molecule is COc1ccc(N2C[C@H](C(C)(C)C)N=C2[C@@H](O)C(C)(C)C)cc1. The van der Waals surface area contributed by atoms with Crippen LogP contribution in [-0.4, -0.2) is 36.7 Å². The lowest BCUT2D eigenvalue weighted by molar-refractivity contribution is 0.121. The van der Waals surface area contributed by atoms with Gasteiger partial charge in [-0.3, -0.25) is 4.99 Å². The molecule has 4 nitrogen and oxygen atoms in total. The van der Waals surface area contributed by atoms with E-state index in [1.54, 1.807) is 7.11 Å². The third kappa shape index (κ3) is 3.86. The second-order valence-electron chi connectivity index (χ2n) is 8.45. The number of ether oxygens (including phenoxy) is 1. The second kappa shape index (κ2) is 6.16. The molecule has 1 N–H and O–H groups in total. The molecule has 128 valence electrons. The summed E-state index contributed by atoms with van der Waals surface area (Å²) in [6, 6.07) is 8.10. The first-order valence-corrected chi connectivity index (χ1v) is 8.21. The molecule has 1 aliphatic heterocycles. The van der Waals surface area contributed by atoms with Crippen LogP contribution in [0.1, 0.15) is 41.5 Å². The highest BCUT2D eigenvalue weighted by Gasteiger charge is 2.39. The van der Waals surface area contributed by atoms with Crippen LogP contribution < -0.4 is 9.64 Å². The van der Waals surface area contributed by atoms with Gasteiger partial charge in [0, 0.05) is 12.2 Å². The van der Waals surface area contributed by atoms with Crippen molar-refractivity contribution in [1.82, 2.24) is 0 Å². The summed E-state index contributed by atoms with van der Waals surface area (Å²) in [6.07, 6.45) is -0.600. The summed E-state index contributed by atoms with van der Waals surface area (Å²) in [7, 11) is 1.66. The molecule has 2 rings (SSSR count). The predicted molar refractivity (Wildman–Crippen MR) is 96.5 cm³/mol. The third-order valence-electron chi connectivity index (χ3n) is 4.37. The average molecular weight is 318 g/mol. The van der Waals surface area contributed by atoms with Crippen molar-refractivity contribution >= 4 is 11.5 Å². The van der Waals surface area contributed by atoms with Crippen molar-refractivity contribution < 1.29 is 9.84 Å². The number of methoxy groups -OCH3 is 1. The molecular formula is C19H30N2O2. The summed E-state index contributed by atoms with van der Waals surface area (Å²) in [5.74, 6) is 1.60. The van der Waals surface area contributed by atoms with Gasteiger partial charge in [-0.15, -0.1) is 0 Å². The van der Waals surface area contributed by atoms with Crippen LogP contribution in [0.15, 0.2) is 29.3 Å². The third-order valence-corrected chi connectivity index (χ3v) is 4.37. The number of anilines is 1. The molecule has 0 spiro atoms. The first kappa shape index (κ1) is 17.8. The van der Waals surface area contributed by atoms with Gasteiger partial charge in [0.2, 0.25) is 0 Å². The zero-order valence-corrected chi connectivity index (χ0v) is 15.4. The molecule has 4 heteroatoms. The fourth-order valence-electron chi connectivity index (χ4n) is 2.61. The van der Waals surface area contributed by atoms with Gasteiger partial charge in [0.05, 0.1) is 13.2 Å². The fourth-order valence-corrected chi connectivity index (χ4v) is 2.61. The maximum Gasteiger partial charge on any atom is 0.134 e. The largest absolute Gasteiger partial charge is 0.497 e. The molecule has 0 saturated carbocycles. The lowest BCUT2D eigenvalue weighted by Crippen LogP contribution is -2.43. The molecule has 0 fully saturated rings. The highest BCUT2D eigenvalue weighted by molar-refractivity contribution is 6.03. The Morgan fingerprint density at radius 3 is 2.13 bits per heavy atom. The predicted octanol–water partition coefficient (Wildman–Crippen LogP) is 3.74. The Bertz CT molecular complexity index is 565. The summed E-state index contributed by atoms with van der Waals surface area (Å²) in [4.78, 5) is 7.03. The smallest absolute Gasteiger partial charge is 0.134 e. The fraction of sp³-hybridized carbons (Fsp3) is 0.632. The molecule has 0 aromatic heterocycles. The van der Waals surface area contributed by atoms with E-state index in [1.165, 1.54) is 0 Å². The van der Waals surface area contributed by atoms with Gasteiger partial charge in [-0.2, -0.15) is 0 Å². The van der Waals surface area contributed by atoms with Crippen LogP contribution in [-0.2, 0) is 0 Å². The van der Waals surface area contributed by atoms with E-state index in [2.05, 4.69) is 25.7 Å². The van der Waals surface area contributed by atoms with Gasteiger partial charge in [0.15, 0.2) is 0 Å². The Morgan fingerprint density at radius 1 is 1.13 bits per heavy atom. The van der Waals surface area contributed by atoms with Crippen LogP contribution in [0.25, 0.3) is 0 Å². The number of benzene rings is 1. The molecule has 1 aliphatic rings. The molecule has 2 atom stereocenters. The van der Waals surface area contributed by atoms with Gasteiger partial charge >= 0.3 is 0 Å². The van der Waals surface area contributed by atoms with E-state index in [9.17, 15) is 5.11 Å². The quantitative estimate of drug-likeness (QED) is 0.923. The Balaban J connectivity index is 2.38. The summed E-state index contributed by atoms with van der Waals surface area (Å²) in [6.45, 7) is 13.5. The van der Waals surface area contributed by atoms with Gasteiger partial charge < -0.3 is 14.7 Å². The summed E-state index contributed by atoms with van der Waals surface area (Å²) >= 11 is 0. The monoisotopic (exact) mass is 318 g/mol. The van der Waals surface area contributed by atoms with Crippen LogP contribution >= 0.6 is 0 Å². The molecule has 0 aliphatic carbocycles. The standard InChI is InChI=1S/C19H30N2O2/c1-18(2,3)15-12-21(13-8-10-14(23-7)11-9-13)17(20-15)16(22)19(4,5)6/h8-11,15-16,22H,12H2,1-7H3/t15-,16-/m1/s1. The molecule has 1 aromatic rings. The van der Waals surface area contributed by atoms with Gasteiger partial charge in [-0.05, 0) is 35.1 Å². The van der Waals surface area contributed by atoms with E-state index < -0.39 is 6.10 Å². The number of aliphatic hydroxyl groups excluding tert-OH is 1. The molecule has 1 aromatic carbocycles. The van der Waals surface area contributed by atoms with Crippen molar-refractivity contribution in [3.05, 3.63) is 24.3 Å². The van der Waals surface area contributed by atoms with Crippen LogP contribution in [0.2, 0.25) is 0 Å². The number of amidine groups is 1. The Hall–Kier alpha value is -1.55. The zero-order valence-electron chi connectivity index (χ0n) is 15.4. The number of rotatable bonds is 3. The van der Waals surface area contributed by atoms with E-state index in [4.69, 9.17) is 9.73 Å². The Labute approximate surface area is 140 Å². The van der Waals surface area contributed by atoms with Gasteiger partial charge in [0.1, 0.15) is 17.7 Å². The maximum absolute atomic E-state index is 10.8. The van der Waals surface area contributed by atoms with Crippen LogP contribution in [0, 0.1) is 10.8 Å². The van der Waals surface area contributed by atoms with Crippen molar-refractivity contribution in [3.8, 4) is 5.75 Å². The summed E-state index contributed by atoms with van der Waals surface area (Å²) in [5.41, 5.74) is 0.847. The van der Waals surface area contributed by atoms with Crippen LogP contribution in [0.4, 0.5) is 5.69 Å². The summed E-state index contributed by atoms with van der Waals surface area (Å²) in [5, 5.41) is 10.8. The zero-order chi connectivity index (χ0) is 17.4. The first-order valence-electron chi connectivity index (χ1n) is 8.21. The Morgan fingerprint density at radius 2 is 1.70 bits per heavy atom. The lowest BCUT2D eigenvalue weighted by atomic mass is 9.87. The van der Waals surface area contributed by atoms with E-state index in [0.717, 1.165) is 23.8 Å². The second-order valence-corrected chi connectivity index (χ2v) is 8.45. The lowest BCUT2D eigenvalue weighted by Gasteiger charge is -2.31. The topological polar surface area (TPSA) is 45.1 Å². The van der Waals surface area contributed by atoms with Gasteiger partial charge in [0.25, 0.3) is 0 Å². The molecular weight excluding hydrogens is 288 g/mol. The molecule has 0 bridgehead atoms. The highest BCUT2D eigenvalue weighted by Crippen LogP contribution is 2.34. The average Bonchev–Trinajstić information content (AvgIpc) is 2.90. The molecule has 0 radical (unpaired) electrons. The van der Waals surface area contributed by atoms with Gasteiger partial charge in [-0.25, -0.2) is 0 Å². The van der Waals surface area contributed by atoms with Crippen molar-refractivity contribution in [1.29, 1.82) is 0 Å². The molecule has 23 heavy (non-hydrogen) atoms. The van der Waals surface area contributed by atoms with Gasteiger partial charge in [-0.1, -0.05) is 41.5 Å². The van der Waals surface area contributed by atoms with Crippen molar-refractivity contribution in [3.63, 3.8) is 0 Å². The maximum atomic E-state index is 10.8. The number of hydrogen-bond acceptors (Lipinski definition) is 4. The number of nitrogens with zero attached hydrogens (tertiary/aromatic N) is 2. The minimum absolute atomic E-state index is 0.0596. The van der Waals surface area contributed by atoms with Crippen molar-refractivity contribution in [2.45, 2.75) is 53.7 Å². The number of aliphatic imine (C=N–C) groups is 1. The van der Waals surface area contributed by atoms with Crippen molar-refractivity contribution in [2.24, 2.45) is 15.8 Å². The van der Waals surface area contributed by atoms with Crippen LogP contribution in [0.5, 0.6) is 5.75 Å². The normalized spacial score (nSPS) is 20.4. The molecule has 0 amide bonds. The highest BCUT2D eigenvalue weighted by atomic mass is 16.5. The Kier molecular flexibility index (Phi) is 4.76. The number of hydrogen-bond donors (Lipinski definition) is 1. The first-order chi connectivity index (χ1) is 10.5. The van der Waals surface area contributed by atoms with Crippen LogP contribution in [0.3, 0.4) is 0 Å². The molecule has 0 unspecified atom stereocenters. The van der Waals surface area contributed by atoms with E-state index >= 15 is 0 Å². The molecule has 1 heterocycles. The minimum atomic E-state index is -0.600. The van der Waals surface area contributed by atoms with E-state index in [-0.39, 0.29) is 16.9 Å². The summed E-state index contributed by atoms with van der Waals surface area (Å²) < 4.78 is 5.24. The van der Waals surface area contributed by atoms with Crippen molar-refractivity contribution in [2.75, 3.05) is 18.6 Å². The van der Waals surface area contributed by atoms with E-state index in [1.807, 2.05) is 45.0 Å². The molecule has 0 saturated heterocycles. The van der Waals surface area contributed by atoms with E-state index in [0.29, 0.717) is 0 Å². The minimum Gasteiger partial charge on any atom is -0.497 e.